The molecule has 0 spiro atoms. The standard InChI is InChI=1S/C28H32F5N3O2/c1-3-4-7-35-12-19(13-35)38-18-10-22(30)25(23(31)11-18)27-26-21(20-9-17(29)5-6-24(20)34-26)8-16(2)36(27)14-28(32,33)15-37/h5-6,9-11,16,19,27,34,37H,3-4,7-8,12-15H2,1-2H3/t16-,27-/m0/s1. The van der Waals surface area contributed by atoms with Crippen LogP contribution < -0.4 is 4.74 Å². The third kappa shape index (κ3) is 5.13. The molecular formula is C28H32F5N3O2. The number of ether oxygens (including phenoxy) is 1. The first-order valence-corrected chi connectivity index (χ1v) is 13.0. The highest BCUT2D eigenvalue weighted by Gasteiger charge is 2.43. The Morgan fingerprint density at radius 3 is 2.47 bits per heavy atom. The van der Waals surface area contributed by atoms with Gasteiger partial charge in [0, 0.05) is 53.4 Å². The van der Waals surface area contributed by atoms with Crippen molar-refractivity contribution in [2.75, 3.05) is 32.8 Å². The predicted octanol–water partition coefficient (Wildman–Crippen LogP) is 5.41. The Hall–Kier alpha value is -2.69. The van der Waals surface area contributed by atoms with Gasteiger partial charge in [0.05, 0.1) is 12.6 Å². The van der Waals surface area contributed by atoms with Crippen molar-refractivity contribution in [3.05, 3.63) is 64.6 Å². The number of rotatable bonds is 9. The lowest BCUT2D eigenvalue weighted by atomic mass is 9.87. The van der Waals surface area contributed by atoms with Crippen molar-refractivity contribution < 1.29 is 31.8 Å². The smallest absolute Gasteiger partial charge is 0.283 e. The molecule has 0 saturated carbocycles. The van der Waals surface area contributed by atoms with E-state index in [0.29, 0.717) is 35.2 Å². The predicted molar refractivity (Wildman–Crippen MR) is 134 cm³/mol. The number of alkyl halides is 2. The molecule has 1 fully saturated rings. The third-order valence-electron chi connectivity index (χ3n) is 7.60. The van der Waals surface area contributed by atoms with E-state index in [1.54, 1.807) is 6.92 Å². The number of aliphatic hydroxyl groups is 1. The van der Waals surface area contributed by atoms with Gasteiger partial charge in [-0.2, -0.15) is 0 Å². The van der Waals surface area contributed by atoms with Crippen molar-refractivity contribution in [3.8, 4) is 5.75 Å². The normalized spacial score (nSPS) is 21.1. The zero-order valence-electron chi connectivity index (χ0n) is 21.4. The van der Waals surface area contributed by atoms with Gasteiger partial charge in [-0.25, -0.2) is 22.0 Å². The number of hydrogen-bond donors (Lipinski definition) is 2. The number of hydrogen-bond acceptors (Lipinski definition) is 4. The van der Waals surface area contributed by atoms with Gasteiger partial charge in [-0.05, 0) is 50.1 Å². The van der Waals surface area contributed by atoms with Gasteiger partial charge in [0.25, 0.3) is 5.92 Å². The van der Waals surface area contributed by atoms with Crippen LogP contribution >= 0.6 is 0 Å². The molecule has 2 aromatic carbocycles. The van der Waals surface area contributed by atoms with Gasteiger partial charge in [0.15, 0.2) is 0 Å². The fraction of sp³-hybridized carbons (Fsp3) is 0.500. The Morgan fingerprint density at radius 1 is 1.11 bits per heavy atom. The molecule has 3 aromatic rings. The van der Waals surface area contributed by atoms with Crippen molar-refractivity contribution in [1.29, 1.82) is 0 Å². The van der Waals surface area contributed by atoms with Crippen LogP contribution in [-0.4, -0.2) is 70.7 Å². The molecule has 2 atom stereocenters. The average Bonchev–Trinajstić information content (AvgIpc) is 3.18. The second-order valence-corrected chi connectivity index (χ2v) is 10.5. The quantitative estimate of drug-likeness (QED) is 0.359. The Balaban J connectivity index is 1.52. The summed E-state index contributed by atoms with van der Waals surface area (Å²) in [6, 6.07) is 4.47. The van der Waals surface area contributed by atoms with E-state index in [4.69, 9.17) is 4.74 Å². The van der Waals surface area contributed by atoms with Crippen LogP contribution in [0.2, 0.25) is 0 Å². The second kappa shape index (κ2) is 10.5. The minimum atomic E-state index is -3.49. The van der Waals surface area contributed by atoms with E-state index in [2.05, 4.69) is 16.8 Å². The number of aliphatic hydroxyl groups excluding tert-OH is 1. The summed E-state index contributed by atoms with van der Waals surface area (Å²) >= 11 is 0. The van der Waals surface area contributed by atoms with E-state index in [1.807, 2.05) is 0 Å². The summed E-state index contributed by atoms with van der Waals surface area (Å²) in [4.78, 5) is 6.60. The molecule has 2 aliphatic rings. The van der Waals surface area contributed by atoms with Gasteiger partial charge in [0.1, 0.15) is 35.9 Å². The van der Waals surface area contributed by atoms with Gasteiger partial charge in [-0.1, -0.05) is 13.3 Å². The van der Waals surface area contributed by atoms with Crippen LogP contribution in [-0.2, 0) is 6.42 Å². The summed E-state index contributed by atoms with van der Waals surface area (Å²) in [6.45, 7) is 3.76. The van der Waals surface area contributed by atoms with Crippen LogP contribution in [0.4, 0.5) is 22.0 Å². The molecule has 10 heteroatoms. The molecule has 1 aromatic heterocycles. The number of nitrogens with zero attached hydrogens (tertiary/aromatic N) is 2. The molecule has 0 unspecified atom stereocenters. The summed E-state index contributed by atoms with van der Waals surface area (Å²) in [5, 5.41) is 9.78. The van der Waals surface area contributed by atoms with Crippen LogP contribution in [0.25, 0.3) is 10.9 Å². The lowest BCUT2D eigenvalue weighted by Gasteiger charge is -2.42. The molecule has 0 aliphatic carbocycles. The van der Waals surface area contributed by atoms with Crippen LogP contribution in [0.1, 0.15) is 49.6 Å². The van der Waals surface area contributed by atoms with E-state index < -0.39 is 54.2 Å². The van der Waals surface area contributed by atoms with Crippen molar-refractivity contribution in [2.45, 2.75) is 57.2 Å². The summed E-state index contributed by atoms with van der Waals surface area (Å²) in [5.41, 5.74) is 1.10. The highest BCUT2D eigenvalue weighted by molar-refractivity contribution is 5.85. The SMILES string of the molecule is CCCCN1CC(Oc2cc(F)c([C@H]3c4[nH]c5ccc(F)cc5c4C[C@H](C)N3CC(F)(F)CO)c(F)c2)C1. The molecule has 0 radical (unpaired) electrons. The molecule has 0 amide bonds. The van der Waals surface area contributed by atoms with Crippen LogP contribution in [0.5, 0.6) is 5.75 Å². The number of benzene rings is 2. The lowest BCUT2D eigenvalue weighted by molar-refractivity contribution is -0.0869. The molecule has 5 nitrogen and oxygen atoms in total. The Morgan fingerprint density at radius 2 is 1.82 bits per heavy atom. The highest BCUT2D eigenvalue weighted by atomic mass is 19.3. The molecule has 2 aliphatic heterocycles. The Labute approximate surface area is 218 Å². The van der Waals surface area contributed by atoms with E-state index >= 15 is 8.78 Å². The summed E-state index contributed by atoms with van der Waals surface area (Å²) < 4.78 is 80.1. The van der Waals surface area contributed by atoms with Crippen LogP contribution in [0, 0.1) is 17.5 Å². The first-order valence-electron chi connectivity index (χ1n) is 13.0. The fourth-order valence-electron chi connectivity index (χ4n) is 5.65. The van der Waals surface area contributed by atoms with Crippen LogP contribution in [0.15, 0.2) is 30.3 Å². The number of nitrogens with one attached hydrogen (secondary N) is 1. The number of likely N-dealkylation sites (tertiary alicyclic amines) is 1. The number of unbranched alkanes of at least 4 members (excludes halogenated alkanes) is 1. The zero-order chi connectivity index (χ0) is 27.2. The molecule has 3 heterocycles. The van der Waals surface area contributed by atoms with Crippen molar-refractivity contribution in [1.82, 2.24) is 14.8 Å². The van der Waals surface area contributed by atoms with Gasteiger partial charge in [-0.3, -0.25) is 9.80 Å². The fourth-order valence-corrected chi connectivity index (χ4v) is 5.65. The van der Waals surface area contributed by atoms with E-state index in [1.165, 1.54) is 23.1 Å². The maximum Gasteiger partial charge on any atom is 0.283 e. The monoisotopic (exact) mass is 537 g/mol. The van der Waals surface area contributed by atoms with E-state index in [0.717, 1.165) is 31.5 Å². The maximum absolute atomic E-state index is 15.7. The number of aromatic nitrogens is 1. The molecule has 206 valence electrons. The molecule has 1 saturated heterocycles. The first kappa shape index (κ1) is 26.9. The summed E-state index contributed by atoms with van der Waals surface area (Å²) in [7, 11) is 0. The van der Waals surface area contributed by atoms with Gasteiger partial charge in [0.2, 0.25) is 0 Å². The number of H-pyrrole nitrogens is 1. The highest BCUT2D eigenvalue weighted by Crippen LogP contribution is 2.44. The topological polar surface area (TPSA) is 51.7 Å². The van der Waals surface area contributed by atoms with Gasteiger partial charge in [-0.15, -0.1) is 0 Å². The molecule has 5 rings (SSSR count). The number of halogens is 5. The molecule has 2 N–H and O–H groups in total. The average molecular weight is 538 g/mol. The van der Waals surface area contributed by atoms with Gasteiger partial charge >= 0.3 is 0 Å². The number of aromatic amines is 1. The zero-order valence-corrected chi connectivity index (χ0v) is 21.4. The van der Waals surface area contributed by atoms with E-state index in [9.17, 15) is 18.3 Å². The first-order chi connectivity index (χ1) is 18.1. The van der Waals surface area contributed by atoms with Crippen molar-refractivity contribution >= 4 is 10.9 Å². The maximum atomic E-state index is 15.7. The Kier molecular flexibility index (Phi) is 7.41. The lowest BCUT2D eigenvalue weighted by Crippen LogP contribution is -2.53. The van der Waals surface area contributed by atoms with Crippen molar-refractivity contribution in [2.24, 2.45) is 0 Å². The third-order valence-corrected chi connectivity index (χ3v) is 7.60. The van der Waals surface area contributed by atoms with Gasteiger partial charge < -0.3 is 14.8 Å². The minimum Gasteiger partial charge on any atom is -0.488 e. The summed E-state index contributed by atoms with van der Waals surface area (Å²) in [5.74, 6) is -5.77. The van der Waals surface area contributed by atoms with E-state index in [-0.39, 0.29) is 18.3 Å². The Bertz CT molecular complexity index is 1280. The minimum absolute atomic E-state index is 0.0407. The number of fused-ring (bicyclic) bond motifs is 3. The van der Waals surface area contributed by atoms with Crippen LogP contribution in [0.3, 0.4) is 0 Å². The largest absolute Gasteiger partial charge is 0.488 e. The summed E-state index contributed by atoms with van der Waals surface area (Å²) in [6.07, 6.45) is 2.23. The molecular weight excluding hydrogens is 505 g/mol. The molecule has 38 heavy (non-hydrogen) atoms. The second-order valence-electron chi connectivity index (χ2n) is 10.5. The molecule has 0 bridgehead atoms. The van der Waals surface area contributed by atoms with Crippen molar-refractivity contribution in [3.63, 3.8) is 0 Å².